The lowest BCUT2D eigenvalue weighted by Crippen LogP contribution is -2.16. The lowest BCUT2D eigenvalue weighted by Gasteiger charge is -2.03. The van der Waals surface area contributed by atoms with E-state index in [2.05, 4.69) is 25.6 Å². The second-order valence-electron chi connectivity index (χ2n) is 4.36. The van der Waals surface area contributed by atoms with Crippen molar-refractivity contribution in [3.05, 3.63) is 5.89 Å². The third-order valence-corrected chi connectivity index (χ3v) is 2.76. The molecule has 1 amide bonds. The maximum Gasteiger partial charge on any atom is 0.322 e. The van der Waals surface area contributed by atoms with Crippen molar-refractivity contribution >= 4 is 11.9 Å². The van der Waals surface area contributed by atoms with Crippen LogP contribution in [0.5, 0.6) is 0 Å². The van der Waals surface area contributed by atoms with E-state index in [1.807, 2.05) is 0 Å². The molecule has 1 atom stereocenters. The number of hydrogen-bond donors (Lipinski definition) is 2. The highest BCUT2D eigenvalue weighted by molar-refractivity contribution is 5.88. The summed E-state index contributed by atoms with van der Waals surface area (Å²) in [6.07, 6.45) is -0.630. The van der Waals surface area contributed by atoms with Crippen molar-refractivity contribution in [3.63, 3.8) is 0 Å². The van der Waals surface area contributed by atoms with Crippen LogP contribution in [-0.4, -0.2) is 42.3 Å². The number of nitrogens with one attached hydrogen (secondary N) is 2. The van der Waals surface area contributed by atoms with E-state index in [1.54, 1.807) is 0 Å². The largest absolute Gasteiger partial charge is 0.406 e. The third-order valence-electron chi connectivity index (χ3n) is 2.76. The molecule has 0 aromatic carbocycles. The summed E-state index contributed by atoms with van der Waals surface area (Å²) in [5, 5.41) is 13.1. The molecule has 1 aromatic rings. The number of rotatable bonds is 7. The zero-order valence-electron chi connectivity index (χ0n) is 10.8. The lowest BCUT2D eigenvalue weighted by molar-refractivity contribution is -0.117. The van der Waals surface area contributed by atoms with E-state index in [1.165, 1.54) is 0 Å². The predicted molar refractivity (Wildman–Crippen MR) is 64.3 cm³/mol. The fourth-order valence-corrected chi connectivity index (χ4v) is 1.84. The van der Waals surface area contributed by atoms with Gasteiger partial charge in [0.15, 0.2) is 0 Å². The number of hydrogen-bond acceptors (Lipinski definition) is 6. The van der Waals surface area contributed by atoms with Gasteiger partial charge in [-0.2, -0.15) is 0 Å². The Hall–Kier alpha value is -1.61. The van der Waals surface area contributed by atoms with E-state index >= 15 is 0 Å². The first-order valence-electron chi connectivity index (χ1n) is 6.37. The summed E-state index contributed by atoms with van der Waals surface area (Å²) in [6.45, 7) is 0.142. The molecule has 0 aliphatic carbocycles. The number of carbonyl (C=O) groups is 1. The molecular formula is C11H16F2N4O3. The van der Waals surface area contributed by atoms with E-state index in [9.17, 15) is 13.6 Å². The molecule has 9 heteroatoms. The van der Waals surface area contributed by atoms with Crippen LogP contribution in [0.3, 0.4) is 0 Å². The summed E-state index contributed by atoms with van der Waals surface area (Å²) in [6, 6.07) is 0.0371. The molecule has 112 valence electrons. The molecule has 1 fully saturated rings. The zero-order chi connectivity index (χ0) is 14.4. The van der Waals surface area contributed by atoms with Gasteiger partial charge in [-0.25, -0.2) is 8.78 Å². The van der Waals surface area contributed by atoms with E-state index in [4.69, 9.17) is 4.42 Å². The molecule has 0 radical (unpaired) electrons. The highest BCUT2D eigenvalue weighted by Gasteiger charge is 2.22. The van der Waals surface area contributed by atoms with Gasteiger partial charge in [-0.3, -0.25) is 10.1 Å². The van der Waals surface area contributed by atoms with Crippen LogP contribution in [0.15, 0.2) is 4.42 Å². The van der Waals surface area contributed by atoms with Gasteiger partial charge < -0.3 is 14.5 Å². The van der Waals surface area contributed by atoms with Gasteiger partial charge in [0, 0.05) is 0 Å². The average molecular weight is 290 g/mol. The fourth-order valence-electron chi connectivity index (χ4n) is 1.84. The highest BCUT2D eigenvalue weighted by Crippen LogP contribution is 2.22. The van der Waals surface area contributed by atoms with Gasteiger partial charge in [-0.1, -0.05) is 5.10 Å². The summed E-state index contributed by atoms with van der Waals surface area (Å²) in [7, 11) is 0. The molecule has 0 saturated carbocycles. The van der Waals surface area contributed by atoms with Crippen LogP contribution in [-0.2, 0) is 9.53 Å². The first kappa shape index (κ1) is 14.8. The SMILES string of the molecule is O=C(CCOCC(F)F)Nc1nnc(C2CCCN2)o1. The van der Waals surface area contributed by atoms with Crippen molar-refractivity contribution in [1.29, 1.82) is 0 Å². The van der Waals surface area contributed by atoms with Gasteiger partial charge in [-0.15, -0.1) is 5.10 Å². The molecule has 2 rings (SSSR count). The van der Waals surface area contributed by atoms with Crippen LogP contribution in [0.4, 0.5) is 14.8 Å². The first-order valence-corrected chi connectivity index (χ1v) is 6.37. The van der Waals surface area contributed by atoms with Crippen molar-refractivity contribution in [2.75, 3.05) is 25.1 Å². The molecular weight excluding hydrogens is 274 g/mol. The Labute approximate surface area is 114 Å². The minimum Gasteiger partial charge on any atom is -0.406 e. The monoisotopic (exact) mass is 290 g/mol. The number of ether oxygens (including phenoxy) is 1. The molecule has 0 bridgehead atoms. The van der Waals surface area contributed by atoms with Crippen molar-refractivity contribution in [2.45, 2.75) is 31.7 Å². The normalized spacial score (nSPS) is 18.6. The molecule has 1 aliphatic heterocycles. The number of nitrogens with zero attached hydrogens (tertiary/aromatic N) is 2. The Morgan fingerprint density at radius 3 is 3.10 bits per heavy atom. The van der Waals surface area contributed by atoms with Gasteiger partial charge in [0.1, 0.15) is 6.61 Å². The Bertz CT molecular complexity index is 435. The molecule has 20 heavy (non-hydrogen) atoms. The molecule has 1 aromatic heterocycles. The summed E-state index contributed by atoms with van der Waals surface area (Å²) >= 11 is 0. The Balaban J connectivity index is 1.71. The van der Waals surface area contributed by atoms with Crippen molar-refractivity contribution in [3.8, 4) is 0 Å². The molecule has 2 heterocycles. The highest BCUT2D eigenvalue weighted by atomic mass is 19.3. The Morgan fingerprint density at radius 2 is 2.40 bits per heavy atom. The van der Waals surface area contributed by atoms with Gasteiger partial charge in [0.05, 0.1) is 19.1 Å². The van der Waals surface area contributed by atoms with Crippen LogP contribution in [0.1, 0.15) is 31.2 Å². The van der Waals surface area contributed by atoms with E-state index in [0.717, 1.165) is 19.4 Å². The molecule has 7 nitrogen and oxygen atoms in total. The fraction of sp³-hybridized carbons (Fsp3) is 0.727. The van der Waals surface area contributed by atoms with Crippen molar-refractivity contribution < 1.29 is 22.7 Å². The van der Waals surface area contributed by atoms with Gasteiger partial charge in [-0.05, 0) is 19.4 Å². The van der Waals surface area contributed by atoms with E-state index in [-0.39, 0.29) is 25.1 Å². The van der Waals surface area contributed by atoms with Gasteiger partial charge >= 0.3 is 6.01 Å². The second kappa shape index (κ2) is 7.25. The molecule has 0 spiro atoms. The minimum absolute atomic E-state index is 0.00700. The molecule has 1 unspecified atom stereocenters. The van der Waals surface area contributed by atoms with Crippen LogP contribution < -0.4 is 10.6 Å². The van der Waals surface area contributed by atoms with Crippen LogP contribution in [0.25, 0.3) is 0 Å². The van der Waals surface area contributed by atoms with Gasteiger partial charge in [0.25, 0.3) is 6.43 Å². The second-order valence-corrected chi connectivity index (χ2v) is 4.36. The topological polar surface area (TPSA) is 89.3 Å². The smallest absolute Gasteiger partial charge is 0.322 e. The first-order chi connectivity index (χ1) is 9.65. The summed E-state index contributed by atoms with van der Waals surface area (Å²) in [5.74, 6) is 0.0144. The standard InChI is InChI=1S/C11H16F2N4O3/c12-8(13)6-19-5-3-9(18)15-11-17-16-10(20-11)7-2-1-4-14-7/h7-8,14H,1-6H2,(H,15,17,18). The summed E-state index contributed by atoms with van der Waals surface area (Å²) < 4.78 is 33.5. The Kier molecular flexibility index (Phi) is 5.36. The predicted octanol–water partition coefficient (Wildman–Crippen LogP) is 1.10. The van der Waals surface area contributed by atoms with Crippen LogP contribution >= 0.6 is 0 Å². The number of aromatic nitrogens is 2. The number of alkyl halides is 2. The number of amides is 1. The quantitative estimate of drug-likeness (QED) is 0.731. The van der Waals surface area contributed by atoms with Crippen LogP contribution in [0, 0.1) is 0 Å². The number of carbonyl (C=O) groups excluding carboxylic acids is 1. The maximum absolute atomic E-state index is 11.8. The van der Waals surface area contributed by atoms with E-state index < -0.39 is 18.9 Å². The summed E-state index contributed by atoms with van der Waals surface area (Å²) in [4.78, 5) is 11.5. The van der Waals surface area contributed by atoms with E-state index in [0.29, 0.717) is 5.89 Å². The van der Waals surface area contributed by atoms with Crippen molar-refractivity contribution in [2.24, 2.45) is 0 Å². The lowest BCUT2D eigenvalue weighted by atomic mass is 10.2. The number of anilines is 1. The minimum atomic E-state index is -2.53. The third kappa shape index (κ3) is 4.49. The van der Waals surface area contributed by atoms with Crippen molar-refractivity contribution in [1.82, 2.24) is 15.5 Å². The maximum atomic E-state index is 11.8. The van der Waals surface area contributed by atoms with Gasteiger partial charge in [0.2, 0.25) is 11.8 Å². The molecule has 1 saturated heterocycles. The average Bonchev–Trinajstić information content (AvgIpc) is 3.04. The number of halogens is 2. The molecule has 1 aliphatic rings. The summed E-state index contributed by atoms with van der Waals surface area (Å²) in [5.41, 5.74) is 0. The molecule has 2 N–H and O–H groups in total. The zero-order valence-corrected chi connectivity index (χ0v) is 10.8. The van der Waals surface area contributed by atoms with Crippen LogP contribution in [0.2, 0.25) is 0 Å². The Morgan fingerprint density at radius 1 is 1.55 bits per heavy atom.